The van der Waals surface area contributed by atoms with E-state index in [2.05, 4.69) is 45.7 Å². The molecular weight excluding hydrogens is 432 g/mol. The summed E-state index contributed by atoms with van der Waals surface area (Å²) in [4.78, 5) is 0. The van der Waals surface area contributed by atoms with Crippen LogP contribution in [0.15, 0.2) is 33.2 Å². The Bertz CT molecular complexity index is 595. The number of hydrogen-bond acceptors (Lipinski definition) is 2. The summed E-state index contributed by atoms with van der Waals surface area (Å²) >= 11 is 7.18. The molecule has 0 N–H and O–H groups in total. The summed E-state index contributed by atoms with van der Waals surface area (Å²) in [5.74, 6) is 1.68. The van der Waals surface area contributed by atoms with Gasteiger partial charge in [-0.15, -0.1) is 0 Å². The number of methoxy groups -OCH3 is 2. The molecule has 0 radical (unpaired) electrons. The van der Waals surface area contributed by atoms with E-state index in [1.165, 1.54) is 0 Å². The zero-order valence-corrected chi connectivity index (χ0v) is 19.1. The molecule has 2 aromatic carbocycles. The Morgan fingerprint density at radius 2 is 0.917 bits per heavy atom. The van der Waals surface area contributed by atoms with Crippen LogP contribution in [0.2, 0.25) is 0 Å². The summed E-state index contributed by atoms with van der Waals surface area (Å²) < 4.78 is 13.2. The van der Waals surface area contributed by atoms with Gasteiger partial charge in [-0.2, -0.15) is 0 Å². The van der Waals surface area contributed by atoms with Crippen molar-refractivity contribution >= 4 is 31.9 Å². The van der Waals surface area contributed by atoms with Gasteiger partial charge in [0.05, 0.1) is 14.2 Å². The first-order valence-corrected chi connectivity index (χ1v) is 9.76. The lowest BCUT2D eigenvalue weighted by Gasteiger charge is -2.19. The molecule has 24 heavy (non-hydrogen) atoms. The number of ether oxygens (including phenoxy) is 2. The first-order valence-electron chi connectivity index (χ1n) is 8.17. The van der Waals surface area contributed by atoms with E-state index in [0.29, 0.717) is 0 Å². The van der Waals surface area contributed by atoms with Gasteiger partial charge in [0, 0.05) is 20.1 Å². The van der Waals surface area contributed by atoms with Gasteiger partial charge in [-0.1, -0.05) is 59.6 Å². The van der Waals surface area contributed by atoms with E-state index in [0.717, 1.165) is 42.7 Å². The number of halogens is 2. The fraction of sp³-hybridized carbons (Fsp3) is 0.400. The van der Waals surface area contributed by atoms with Crippen molar-refractivity contribution in [3.63, 3.8) is 0 Å². The molecule has 0 bridgehead atoms. The van der Waals surface area contributed by atoms with E-state index in [1.54, 1.807) is 14.2 Å². The standard InChI is InChI=1S/C16H16Br2O2.2C2H6/c1-9-11(17)5-7-13(19-3)15(9)16-10(2)12(18)6-8-14(16)20-4;2*1-2/h5-8H,1-4H3;2*1-2H3. The highest BCUT2D eigenvalue weighted by Crippen LogP contribution is 2.44. The van der Waals surface area contributed by atoms with E-state index >= 15 is 0 Å². The van der Waals surface area contributed by atoms with Crippen LogP contribution in [0.3, 0.4) is 0 Å². The van der Waals surface area contributed by atoms with Crippen LogP contribution >= 0.6 is 31.9 Å². The molecule has 2 rings (SSSR count). The Morgan fingerprint density at radius 1 is 0.625 bits per heavy atom. The topological polar surface area (TPSA) is 18.5 Å². The molecule has 0 aromatic heterocycles. The van der Waals surface area contributed by atoms with Crippen LogP contribution in [0.1, 0.15) is 38.8 Å². The van der Waals surface area contributed by atoms with Gasteiger partial charge in [0.2, 0.25) is 0 Å². The lowest BCUT2D eigenvalue weighted by molar-refractivity contribution is 0.409. The normalized spacial score (nSPS) is 9.25. The number of benzene rings is 2. The second-order valence-corrected chi connectivity index (χ2v) is 6.21. The average molecular weight is 460 g/mol. The molecule has 0 aliphatic rings. The van der Waals surface area contributed by atoms with Crippen LogP contribution < -0.4 is 9.47 Å². The minimum atomic E-state index is 0.838. The van der Waals surface area contributed by atoms with Crippen LogP contribution in [0.5, 0.6) is 11.5 Å². The highest BCUT2D eigenvalue weighted by atomic mass is 79.9. The second-order valence-electron chi connectivity index (χ2n) is 4.50. The van der Waals surface area contributed by atoms with Crippen molar-refractivity contribution < 1.29 is 9.47 Å². The molecule has 2 aromatic rings. The van der Waals surface area contributed by atoms with Gasteiger partial charge in [-0.3, -0.25) is 0 Å². The Labute approximate surface area is 163 Å². The van der Waals surface area contributed by atoms with Gasteiger partial charge in [0.1, 0.15) is 11.5 Å². The smallest absolute Gasteiger partial charge is 0.127 e. The summed E-state index contributed by atoms with van der Waals surface area (Å²) in [6.45, 7) is 12.1. The lowest BCUT2D eigenvalue weighted by atomic mass is 9.94. The van der Waals surface area contributed by atoms with Crippen molar-refractivity contribution in [1.82, 2.24) is 0 Å². The van der Waals surface area contributed by atoms with Gasteiger partial charge in [0.15, 0.2) is 0 Å². The van der Waals surface area contributed by atoms with Crippen molar-refractivity contribution in [3.05, 3.63) is 44.3 Å². The van der Waals surface area contributed by atoms with E-state index in [9.17, 15) is 0 Å². The van der Waals surface area contributed by atoms with E-state index in [1.807, 2.05) is 52.0 Å². The minimum absolute atomic E-state index is 0.838. The molecule has 4 heteroatoms. The van der Waals surface area contributed by atoms with Crippen molar-refractivity contribution in [1.29, 1.82) is 0 Å². The van der Waals surface area contributed by atoms with Gasteiger partial charge >= 0.3 is 0 Å². The molecule has 0 amide bonds. The first kappa shape index (κ1) is 23.0. The van der Waals surface area contributed by atoms with Gasteiger partial charge in [-0.25, -0.2) is 0 Å². The zero-order chi connectivity index (χ0) is 18.9. The predicted molar refractivity (Wildman–Crippen MR) is 113 cm³/mol. The van der Waals surface area contributed by atoms with E-state index < -0.39 is 0 Å². The molecule has 134 valence electrons. The molecule has 0 aliphatic carbocycles. The van der Waals surface area contributed by atoms with Crippen LogP contribution in [0.4, 0.5) is 0 Å². The van der Waals surface area contributed by atoms with Crippen molar-refractivity contribution in [2.75, 3.05) is 14.2 Å². The second kappa shape index (κ2) is 11.5. The monoisotopic (exact) mass is 458 g/mol. The summed E-state index contributed by atoms with van der Waals surface area (Å²) in [7, 11) is 3.37. The first-order chi connectivity index (χ1) is 11.5. The maximum atomic E-state index is 5.54. The number of hydrogen-bond donors (Lipinski definition) is 0. The molecule has 0 spiro atoms. The van der Waals surface area contributed by atoms with E-state index in [-0.39, 0.29) is 0 Å². The number of rotatable bonds is 3. The Balaban J connectivity index is 0.00000123. The quantitative estimate of drug-likeness (QED) is 0.471. The van der Waals surface area contributed by atoms with Gasteiger partial charge in [0.25, 0.3) is 0 Å². The van der Waals surface area contributed by atoms with Crippen molar-refractivity contribution in [3.8, 4) is 22.6 Å². The van der Waals surface area contributed by atoms with Crippen LogP contribution in [-0.4, -0.2) is 14.2 Å². The fourth-order valence-corrected chi connectivity index (χ4v) is 2.95. The third-order valence-corrected chi connectivity index (χ3v) is 5.13. The van der Waals surface area contributed by atoms with E-state index in [4.69, 9.17) is 9.47 Å². The fourth-order valence-electron chi connectivity index (χ4n) is 2.28. The lowest BCUT2D eigenvalue weighted by Crippen LogP contribution is -1.97. The summed E-state index contributed by atoms with van der Waals surface area (Å²) in [6, 6.07) is 7.92. The molecule has 2 nitrogen and oxygen atoms in total. The third-order valence-electron chi connectivity index (χ3n) is 3.41. The Morgan fingerprint density at radius 3 is 1.17 bits per heavy atom. The zero-order valence-electron chi connectivity index (χ0n) is 15.9. The largest absolute Gasteiger partial charge is 0.496 e. The van der Waals surface area contributed by atoms with Crippen LogP contribution in [0, 0.1) is 13.8 Å². The molecular formula is C20H28Br2O2. The van der Waals surface area contributed by atoms with Gasteiger partial charge < -0.3 is 9.47 Å². The molecule has 0 fully saturated rings. The van der Waals surface area contributed by atoms with Crippen LogP contribution in [0.25, 0.3) is 11.1 Å². The summed E-state index contributed by atoms with van der Waals surface area (Å²) in [5, 5.41) is 0. The summed E-state index contributed by atoms with van der Waals surface area (Å²) in [5.41, 5.74) is 4.36. The maximum Gasteiger partial charge on any atom is 0.127 e. The molecule has 0 saturated heterocycles. The molecule has 0 heterocycles. The Hall–Kier alpha value is -1.00. The highest BCUT2D eigenvalue weighted by Gasteiger charge is 2.19. The van der Waals surface area contributed by atoms with Crippen molar-refractivity contribution in [2.24, 2.45) is 0 Å². The highest BCUT2D eigenvalue weighted by molar-refractivity contribution is 9.10. The summed E-state index contributed by atoms with van der Waals surface area (Å²) in [6.07, 6.45) is 0. The predicted octanol–water partition coefficient (Wildman–Crippen LogP) is 7.57. The minimum Gasteiger partial charge on any atom is -0.496 e. The molecule has 0 saturated carbocycles. The average Bonchev–Trinajstić information content (AvgIpc) is 2.63. The Kier molecular flexibility index (Phi) is 11.1. The maximum absolute atomic E-state index is 5.54. The molecule has 0 aliphatic heterocycles. The SMILES string of the molecule is CC.CC.COc1ccc(Br)c(C)c1-c1c(OC)ccc(Br)c1C. The van der Waals surface area contributed by atoms with Crippen LogP contribution in [-0.2, 0) is 0 Å². The van der Waals surface area contributed by atoms with Crippen molar-refractivity contribution in [2.45, 2.75) is 41.5 Å². The third kappa shape index (κ3) is 5.00. The molecule has 0 unspecified atom stereocenters. The van der Waals surface area contributed by atoms with Gasteiger partial charge in [-0.05, 0) is 49.2 Å². The molecule has 0 atom stereocenters.